The molecular weight excluding hydrogens is 943 g/mol. The third-order valence-electron chi connectivity index (χ3n) is 16.1. The molecule has 0 aliphatic carbocycles. The molecule has 1 spiro atoms. The lowest BCUT2D eigenvalue weighted by molar-refractivity contribution is -0.162. The SMILES string of the molecule is C/C1=C/C=C/[C@H](C)[C@H](O)[C@@H](C)[C@@H](O)[C@@H](C)[C@H](OC(=O)CC(=O)N2CCC(Cc3ccccc3)CC2)[C@H](C)C/C=C/O[C@@]2(C)Oc3c(C)c(O)c4c(O)c(c5c(c4c3C2=O)NC2(CCN(CC(C)C)CC2)N=5)=NC1=O. The van der Waals surface area contributed by atoms with E-state index in [0.29, 0.717) is 43.5 Å². The Morgan fingerprint density at radius 1 is 0.919 bits per heavy atom. The lowest BCUT2D eigenvalue weighted by Gasteiger charge is -2.38. The lowest BCUT2D eigenvalue weighted by atomic mass is 9.79. The Hall–Kier alpha value is -6.10. The zero-order valence-electron chi connectivity index (χ0n) is 44.4. The van der Waals surface area contributed by atoms with Gasteiger partial charge in [0.1, 0.15) is 40.4 Å². The number of benzene rings is 3. The molecule has 0 aromatic heterocycles. The number of rotatable bonds is 7. The number of phenols is 2. The van der Waals surface area contributed by atoms with Crippen molar-refractivity contribution >= 4 is 40.0 Å². The van der Waals surface area contributed by atoms with Crippen LogP contribution in [0.4, 0.5) is 5.69 Å². The second-order valence-electron chi connectivity index (χ2n) is 22.2. The minimum Gasteiger partial charge on any atom is -0.507 e. The standard InChI is InChI=1S/C58H75N5O11/c1-32(2)31-62-26-22-58(23-27-62)60-46-43-44-51(68)38(8)54-45(43)55(70)57(9,74-54)72-28-14-17-34(4)53(73-42(65)30-41(64)63-24-20-40(21-25-63)29-39-18-11-10-12-19-39)37(7)50(67)36(6)49(66)33(3)15-13-16-35(5)56(71)59-48(52(44)69)47(46)61-58/h10-16,18-19,28,32-34,36-37,40,49-50,53,60,66-69H,17,20-27,29-31H2,1-9H3/b15-13+,28-14+,35-16-,59-48?/t33-,34+,36+,37+,49-,50+,53+,57-/m0/s1. The summed E-state index contributed by atoms with van der Waals surface area (Å²) in [5.41, 5.74) is 1.13. The number of fused-ring (bicyclic) bond motifs is 13. The van der Waals surface area contributed by atoms with E-state index >= 15 is 0 Å². The molecule has 6 aliphatic rings. The molecule has 2 saturated heterocycles. The van der Waals surface area contributed by atoms with E-state index in [1.807, 2.05) is 25.1 Å². The maximum Gasteiger partial charge on any atom is 0.315 e. The molecule has 3 aromatic rings. The molecule has 8 atom stereocenters. The average Bonchev–Trinajstić information content (AvgIpc) is 3.87. The number of Topliss-reactive ketones (excluding diaryl/α,β-unsaturated/α-hetero) is 1. The summed E-state index contributed by atoms with van der Waals surface area (Å²) < 4.78 is 18.7. The zero-order chi connectivity index (χ0) is 53.4. The highest BCUT2D eigenvalue weighted by molar-refractivity contribution is 6.21. The van der Waals surface area contributed by atoms with Crippen LogP contribution in [0.3, 0.4) is 0 Å². The smallest absolute Gasteiger partial charge is 0.315 e. The number of aliphatic hydroxyl groups excluding tert-OH is 2. The molecule has 0 radical (unpaired) electrons. The van der Waals surface area contributed by atoms with Gasteiger partial charge in [0.25, 0.3) is 11.7 Å². The van der Waals surface area contributed by atoms with Gasteiger partial charge in [-0.2, -0.15) is 0 Å². The molecule has 6 aliphatic heterocycles. The number of allylic oxidation sites excluding steroid dienone is 3. The summed E-state index contributed by atoms with van der Waals surface area (Å²) in [6.07, 6.45) is 8.18. The van der Waals surface area contributed by atoms with E-state index in [-0.39, 0.29) is 62.0 Å². The van der Waals surface area contributed by atoms with Gasteiger partial charge in [-0.1, -0.05) is 90.1 Å². The minimum absolute atomic E-state index is 0.0583. The minimum atomic E-state index is -1.94. The molecule has 3 aromatic carbocycles. The number of aliphatic hydroxyl groups is 2. The van der Waals surface area contributed by atoms with E-state index in [1.54, 1.807) is 63.8 Å². The van der Waals surface area contributed by atoms with Crippen LogP contribution in [0, 0.1) is 42.4 Å². The van der Waals surface area contributed by atoms with Crippen LogP contribution < -0.4 is 20.8 Å². The summed E-state index contributed by atoms with van der Waals surface area (Å²) in [7, 11) is 0. The fourth-order valence-electron chi connectivity index (χ4n) is 11.5. The summed E-state index contributed by atoms with van der Waals surface area (Å²) in [4.78, 5) is 69.9. The average molecular weight is 1020 g/mol. The number of carbonyl (C=O) groups is 4. The summed E-state index contributed by atoms with van der Waals surface area (Å²) in [6, 6.07) is 10.3. The fraction of sp³-hybridized carbons (Fsp3) is 0.552. The van der Waals surface area contributed by atoms with Crippen molar-refractivity contribution < 1.29 is 53.8 Å². The van der Waals surface area contributed by atoms with E-state index in [1.165, 1.54) is 18.7 Å². The molecule has 2 amide bonds. The Morgan fingerprint density at radius 2 is 1.61 bits per heavy atom. The number of likely N-dealkylation sites (tertiary alicyclic amines) is 2. The Bertz CT molecular complexity index is 2860. The third-order valence-corrected chi connectivity index (χ3v) is 16.1. The molecule has 16 heteroatoms. The van der Waals surface area contributed by atoms with Gasteiger partial charge in [0.2, 0.25) is 5.91 Å². The lowest BCUT2D eigenvalue weighted by Crippen LogP contribution is -2.47. The van der Waals surface area contributed by atoms with Crippen molar-refractivity contribution in [3.8, 4) is 17.2 Å². The molecular formula is C58H75N5O11. The molecule has 5 bridgehead atoms. The Kier molecular flexibility index (Phi) is 16.1. The Balaban J connectivity index is 1.11. The molecule has 2 fully saturated rings. The first-order valence-corrected chi connectivity index (χ1v) is 26.5. The number of hydrogen-bond acceptors (Lipinski definition) is 14. The number of aromatic hydroxyl groups is 2. The van der Waals surface area contributed by atoms with Gasteiger partial charge in [0.15, 0.2) is 5.75 Å². The highest BCUT2D eigenvalue weighted by atomic mass is 16.7. The maximum absolute atomic E-state index is 14.9. The summed E-state index contributed by atoms with van der Waals surface area (Å²) in [5.74, 6) is -6.66. The van der Waals surface area contributed by atoms with Crippen molar-refractivity contribution in [3.05, 3.63) is 93.9 Å². The van der Waals surface area contributed by atoms with E-state index in [4.69, 9.17) is 19.2 Å². The molecule has 6 heterocycles. The second kappa shape index (κ2) is 22.0. The number of nitrogens with one attached hydrogen (secondary N) is 1. The molecule has 5 N–H and O–H groups in total. The van der Waals surface area contributed by atoms with E-state index in [9.17, 15) is 39.6 Å². The topological polar surface area (TPSA) is 220 Å². The quantitative estimate of drug-likeness (QED) is 0.0918. The normalized spacial score (nSPS) is 29.4. The van der Waals surface area contributed by atoms with Gasteiger partial charge < -0.3 is 49.8 Å². The molecule has 0 saturated carbocycles. The van der Waals surface area contributed by atoms with Gasteiger partial charge in [0, 0.05) is 86.8 Å². The molecule has 398 valence electrons. The second-order valence-corrected chi connectivity index (χ2v) is 22.2. The van der Waals surface area contributed by atoms with Gasteiger partial charge in [-0.3, -0.25) is 24.2 Å². The van der Waals surface area contributed by atoms with E-state index in [2.05, 4.69) is 41.2 Å². The monoisotopic (exact) mass is 1020 g/mol. The molecule has 0 unspecified atom stereocenters. The summed E-state index contributed by atoms with van der Waals surface area (Å²) in [6.45, 7) is 19.4. The summed E-state index contributed by atoms with van der Waals surface area (Å²) >= 11 is 0. The zero-order valence-corrected chi connectivity index (χ0v) is 44.4. The first-order chi connectivity index (χ1) is 35.1. The number of ketones is 1. The fourth-order valence-corrected chi connectivity index (χ4v) is 11.5. The number of ether oxygens (including phenoxy) is 3. The number of carbonyl (C=O) groups excluding carboxylic acids is 4. The van der Waals surface area contributed by atoms with Crippen LogP contribution in [0.1, 0.15) is 115 Å². The largest absolute Gasteiger partial charge is 0.507 e. The summed E-state index contributed by atoms with van der Waals surface area (Å²) in [5, 5.41) is 51.3. The molecule has 16 nitrogen and oxygen atoms in total. The van der Waals surface area contributed by atoms with Gasteiger partial charge >= 0.3 is 11.8 Å². The first-order valence-electron chi connectivity index (χ1n) is 26.5. The van der Waals surface area contributed by atoms with Crippen molar-refractivity contribution in [2.24, 2.45) is 45.5 Å². The highest BCUT2D eigenvalue weighted by Gasteiger charge is 2.51. The number of hydrogen-bond donors (Lipinski definition) is 5. The van der Waals surface area contributed by atoms with Crippen LogP contribution >= 0.6 is 0 Å². The Labute approximate surface area is 433 Å². The van der Waals surface area contributed by atoms with Crippen molar-refractivity contribution in [2.75, 3.05) is 38.0 Å². The van der Waals surface area contributed by atoms with Crippen molar-refractivity contribution in [1.82, 2.24) is 9.80 Å². The number of esters is 1. The van der Waals surface area contributed by atoms with Crippen LogP contribution in [0.2, 0.25) is 0 Å². The van der Waals surface area contributed by atoms with Crippen molar-refractivity contribution in [3.63, 3.8) is 0 Å². The molecule has 9 rings (SSSR count). The first kappa shape index (κ1) is 54.2. The van der Waals surface area contributed by atoms with Gasteiger partial charge in [0.05, 0.1) is 35.1 Å². The number of piperidine rings is 2. The number of amides is 2. The van der Waals surface area contributed by atoms with Gasteiger partial charge in [-0.25, -0.2) is 4.99 Å². The van der Waals surface area contributed by atoms with Gasteiger partial charge in [-0.15, -0.1) is 0 Å². The van der Waals surface area contributed by atoms with Crippen LogP contribution in [-0.2, 0) is 30.3 Å². The Morgan fingerprint density at radius 3 is 2.28 bits per heavy atom. The van der Waals surface area contributed by atoms with E-state index < -0.39 is 83.3 Å². The van der Waals surface area contributed by atoms with Crippen LogP contribution in [-0.4, -0.2) is 116 Å². The predicted octanol–water partition coefficient (Wildman–Crippen LogP) is 6.98. The predicted molar refractivity (Wildman–Crippen MR) is 280 cm³/mol. The van der Waals surface area contributed by atoms with E-state index in [0.717, 1.165) is 38.9 Å². The third kappa shape index (κ3) is 11.0. The van der Waals surface area contributed by atoms with Gasteiger partial charge in [-0.05, 0) is 68.9 Å². The number of nitrogens with zero attached hydrogens (tertiary/aromatic N) is 4. The van der Waals surface area contributed by atoms with Crippen molar-refractivity contribution in [2.45, 2.75) is 137 Å². The van der Waals surface area contributed by atoms with Crippen LogP contribution in [0.15, 0.2) is 76.5 Å². The highest BCUT2D eigenvalue weighted by Crippen LogP contribution is 2.51. The maximum atomic E-state index is 14.9. The molecule has 74 heavy (non-hydrogen) atoms. The number of anilines is 1. The number of phenolic OH excluding ortho intramolecular Hbond substituents is 2. The van der Waals surface area contributed by atoms with Crippen LogP contribution in [0.25, 0.3) is 10.8 Å². The van der Waals surface area contributed by atoms with Crippen LogP contribution in [0.5, 0.6) is 17.2 Å². The van der Waals surface area contributed by atoms with Crippen molar-refractivity contribution in [1.29, 1.82) is 0 Å².